The van der Waals surface area contributed by atoms with Crippen molar-refractivity contribution in [3.05, 3.63) is 0 Å². The van der Waals surface area contributed by atoms with Gasteiger partial charge in [-0.2, -0.15) is 0 Å². The molecule has 3 N–H and O–H groups in total. The van der Waals surface area contributed by atoms with E-state index in [1.165, 1.54) is 0 Å². The lowest BCUT2D eigenvalue weighted by Crippen LogP contribution is -2.42. The van der Waals surface area contributed by atoms with Gasteiger partial charge in [-0.15, -0.1) is 0 Å². The fourth-order valence-corrected chi connectivity index (χ4v) is 1.51. The van der Waals surface area contributed by atoms with Crippen molar-refractivity contribution in [2.45, 2.75) is 26.3 Å². The van der Waals surface area contributed by atoms with E-state index in [0.717, 1.165) is 6.26 Å². The Hall–Kier alpha value is -0.660. The van der Waals surface area contributed by atoms with Crippen LogP contribution < -0.4 is 11.2 Å². The molecule has 96 valence electrons. The standard InChI is InChI=1S/C9H20N2O4S/c1-7(2)6-15-11-9(12)8(10)4-5-16(3,13)14/h7-8H,4-6,10H2,1-3H3,(H,11,12). The number of nitrogens with two attached hydrogens (primary N) is 1. The smallest absolute Gasteiger partial charge is 0.260 e. The molecule has 0 aromatic rings. The number of nitrogens with one attached hydrogen (secondary N) is 1. The first-order valence-electron chi connectivity index (χ1n) is 5.07. The Morgan fingerprint density at radius 3 is 2.44 bits per heavy atom. The Morgan fingerprint density at radius 2 is 2.00 bits per heavy atom. The molecule has 1 atom stereocenters. The first-order valence-corrected chi connectivity index (χ1v) is 7.13. The van der Waals surface area contributed by atoms with Crippen LogP contribution in [0.3, 0.4) is 0 Å². The van der Waals surface area contributed by atoms with Gasteiger partial charge in [-0.05, 0) is 12.3 Å². The molecule has 1 unspecified atom stereocenters. The van der Waals surface area contributed by atoms with E-state index in [9.17, 15) is 13.2 Å². The molecular formula is C9H20N2O4S. The van der Waals surface area contributed by atoms with Gasteiger partial charge in [0.2, 0.25) is 0 Å². The Kier molecular flexibility index (Phi) is 6.54. The molecule has 6 nitrogen and oxygen atoms in total. The fourth-order valence-electron chi connectivity index (χ4n) is 0.827. The van der Waals surface area contributed by atoms with E-state index < -0.39 is 21.8 Å². The average Bonchev–Trinajstić information content (AvgIpc) is 2.12. The molecule has 0 saturated carbocycles. The average molecular weight is 252 g/mol. The van der Waals surface area contributed by atoms with Crippen molar-refractivity contribution in [1.29, 1.82) is 0 Å². The topological polar surface area (TPSA) is 98.5 Å². The minimum absolute atomic E-state index is 0.0930. The molecule has 7 heteroatoms. The Morgan fingerprint density at radius 1 is 1.44 bits per heavy atom. The van der Waals surface area contributed by atoms with Crippen molar-refractivity contribution in [3.8, 4) is 0 Å². The van der Waals surface area contributed by atoms with Crippen molar-refractivity contribution in [2.24, 2.45) is 11.7 Å². The van der Waals surface area contributed by atoms with Crippen LogP contribution in [0.5, 0.6) is 0 Å². The lowest BCUT2D eigenvalue weighted by Gasteiger charge is -2.12. The van der Waals surface area contributed by atoms with Crippen LogP contribution in [0.15, 0.2) is 0 Å². The van der Waals surface area contributed by atoms with Crippen LogP contribution in [0.1, 0.15) is 20.3 Å². The Balaban J connectivity index is 3.82. The third-order valence-electron chi connectivity index (χ3n) is 1.73. The molecule has 0 bridgehead atoms. The maximum atomic E-state index is 11.3. The lowest BCUT2D eigenvalue weighted by atomic mass is 10.2. The predicted octanol–water partition coefficient (Wildman–Crippen LogP) is -0.548. The van der Waals surface area contributed by atoms with E-state index in [1.807, 2.05) is 13.8 Å². The number of amides is 1. The van der Waals surface area contributed by atoms with Crippen molar-refractivity contribution in [2.75, 3.05) is 18.6 Å². The van der Waals surface area contributed by atoms with E-state index in [4.69, 9.17) is 10.6 Å². The molecule has 0 aliphatic rings. The second kappa shape index (κ2) is 6.82. The molecule has 0 rings (SSSR count). The zero-order valence-corrected chi connectivity index (χ0v) is 10.7. The first-order chi connectivity index (χ1) is 7.22. The summed E-state index contributed by atoms with van der Waals surface area (Å²) >= 11 is 0. The number of hydrogen-bond donors (Lipinski definition) is 2. The molecule has 16 heavy (non-hydrogen) atoms. The van der Waals surface area contributed by atoms with Gasteiger partial charge in [-0.25, -0.2) is 13.9 Å². The lowest BCUT2D eigenvalue weighted by molar-refractivity contribution is -0.135. The summed E-state index contributed by atoms with van der Waals surface area (Å²) < 4.78 is 21.7. The van der Waals surface area contributed by atoms with Crippen molar-refractivity contribution >= 4 is 15.7 Å². The summed E-state index contributed by atoms with van der Waals surface area (Å²) in [6.07, 6.45) is 1.20. The van der Waals surface area contributed by atoms with Crippen LogP contribution in [0.25, 0.3) is 0 Å². The van der Waals surface area contributed by atoms with Gasteiger partial charge < -0.3 is 5.73 Å². The zero-order chi connectivity index (χ0) is 12.8. The summed E-state index contributed by atoms with van der Waals surface area (Å²) in [6.45, 7) is 4.27. The summed E-state index contributed by atoms with van der Waals surface area (Å²) in [5.41, 5.74) is 7.68. The Bertz CT molecular complexity index is 313. The van der Waals surface area contributed by atoms with Crippen molar-refractivity contribution in [3.63, 3.8) is 0 Å². The molecule has 0 aliphatic heterocycles. The number of carbonyl (C=O) groups is 1. The quantitative estimate of drug-likeness (QED) is 0.592. The largest absolute Gasteiger partial charge is 0.320 e. The second-order valence-electron chi connectivity index (χ2n) is 4.20. The van der Waals surface area contributed by atoms with E-state index in [0.29, 0.717) is 12.5 Å². The number of hydroxylamine groups is 1. The second-order valence-corrected chi connectivity index (χ2v) is 6.46. The maximum absolute atomic E-state index is 11.3. The molecule has 0 saturated heterocycles. The number of sulfone groups is 1. The van der Waals surface area contributed by atoms with E-state index >= 15 is 0 Å². The van der Waals surface area contributed by atoms with E-state index in [-0.39, 0.29) is 12.2 Å². The molecule has 0 spiro atoms. The molecular weight excluding hydrogens is 232 g/mol. The number of rotatable bonds is 7. The van der Waals surface area contributed by atoms with Crippen molar-refractivity contribution < 1.29 is 18.0 Å². The molecule has 0 aromatic carbocycles. The summed E-state index contributed by atoms with van der Waals surface area (Å²) in [4.78, 5) is 16.2. The fraction of sp³-hybridized carbons (Fsp3) is 0.889. The van der Waals surface area contributed by atoms with Crippen LogP contribution in [0, 0.1) is 5.92 Å². The minimum Gasteiger partial charge on any atom is -0.320 e. The number of carbonyl (C=O) groups excluding carboxylic acids is 1. The summed E-state index contributed by atoms with van der Waals surface area (Å²) in [5.74, 6) is -0.303. The molecule has 0 aliphatic carbocycles. The van der Waals surface area contributed by atoms with Gasteiger partial charge in [-0.3, -0.25) is 9.63 Å². The van der Waals surface area contributed by atoms with Gasteiger partial charge in [0, 0.05) is 6.26 Å². The van der Waals surface area contributed by atoms with Crippen LogP contribution in [-0.2, 0) is 19.5 Å². The predicted molar refractivity (Wildman–Crippen MR) is 61.2 cm³/mol. The highest BCUT2D eigenvalue weighted by atomic mass is 32.2. The third kappa shape index (κ3) is 8.63. The van der Waals surface area contributed by atoms with Gasteiger partial charge in [-0.1, -0.05) is 13.8 Å². The van der Waals surface area contributed by atoms with Crippen LogP contribution in [0.2, 0.25) is 0 Å². The molecule has 0 radical (unpaired) electrons. The van der Waals surface area contributed by atoms with E-state index in [2.05, 4.69) is 5.48 Å². The minimum atomic E-state index is -3.09. The van der Waals surface area contributed by atoms with Gasteiger partial charge in [0.05, 0.1) is 18.4 Å². The summed E-state index contributed by atoms with van der Waals surface area (Å²) in [5, 5.41) is 0. The summed E-state index contributed by atoms with van der Waals surface area (Å²) in [6, 6.07) is -0.859. The maximum Gasteiger partial charge on any atom is 0.260 e. The Labute approximate surface area is 96.4 Å². The first kappa shape index (κ1) is 15.3. The highest BCUT2D eigenvalue weighted by Gasteiger charge is 2.15. The highest BCUT2D eigenvalue weighted by molar-refractivity contribution is 7.90. The van der Waals surface area contributed by atoms with Crippen LogP contribution in [-0.4, -0.2) is 39.0 Å². The van der Waals surface area contributed by atoms with Gasteiger partial charge in [0.1, 0.15) is 9.84 Å². The zero-order valence-electron chi connectivity index (χ0n) is 9.89. The molecule has 0 fully saturated rings. The third-order valence-corrected chi connectivity index (χ3v) is 2.70. The number of hydrogen-bond acceptors (Lipinski definition) is 5. The van der Waals surface area contributed by atoms with Crippen molar-refractivity contribution in [1.82, 2.24) is 5.48 Å². The molecule has 0 heterocycles. The van der Waals surface area contributed by atoms with Gasteiger partial charge in [0.25, 0.3) is 5.91 Å². The van der Waals surface area contributed by atoms with Gasteiger partial charge in [0.15, 0.2) is 0 Å². The SMILES string of the molecule is CC(C)CONC(=O)C(N)CCS(C)(=O)=O. The van der Waals surface area contributed by atoms with E-state index in [1.54, 1.807) is 0 Å². The van der Waals surface area contributed by atoms with Gasteiger partial charge >= 0.3 is 0 Å². The highest BCUT2D eigenvalue weighted by Crippen LogP contribution is 1.95. The molecule has 1 amide bonds. The monoisotopic (exact) mass is 252 g/mol. The van der Waals surface area contributed by atoms with Crippen LogP contribution in [0.4, 0.5) is 0 Å². The van der Waals surface area contributed by atoms with Crippen LogP contribution >= 0.6 is 0 Å². The summed E-state index contributed by atoms with van der Waals surface area (Å²) in [7, 11) is -3.09. The molecule has 0 aromatic heterocycles. The normalized spacial score (nSPS) is 13.8.